The van der Waals surface area contributed by atoms with Gasteiger partial charge in [0.15, 0.2) is 0 Å². The fourth-order valence-electron chi connectivity index (χ4n) is 1.28. The maximum atomic E-state index is 11.7. The third-order valence-electron chi connectivity index (χ3n) is 2.27. The molecule has 18 heavy (non-hydrogen) atoms. The maximum absolute atomic E-state index is 11.7. The van der Waals surface area contributed by atoms with Gasteiger partial charge >= 0.3 is 11.8 Å². The summed E-state index contributed by atoms with van der Waals surface area (Å²) < 4.78 is 5.03. The summed E-state index contributed by atoms with van der Waals surface area (Å²) in [6, 6.07) is 8.49. The molecular weight excluding hydrogens is 234 g/mol. The molecule has 94 valence electrons. The third kappa shape index (κ3) is 3.22. The minimum atomic E-state index is -0.818. The Hall–Kier alpha value is -2.55. The van der Waals surface area contributed by atoms with Crippen molar-refractivity contribution in [2.75, 3.05) is 25.6 Å². The number of hydrogen-bond acceptors (Lipinski definition) is 4. The van der Waals surface area contributed by atoms with E-state index in [9.17, 15) is 9.59 Å². The Balaban J connectivity index is 2.80. The van der Waals surface area contributed by atoms with Gasteiger partial charge in [-0.25, -0.2) is 0 Å². The third-order valence-corrected chi connectivity index (χ3v) is 2.27. The smallest absolute Gasteiger partial charge is 0.316 e. The molecule has 0 radical (unpaired) electrons. The topological polar surface area (TPSA) is 82.4 Å². The molecule has 6 nitrogen and oxygen atoms in total. The highest BCUT2D eigenvalue weighted by molar-refractivity contribution is 6.40. The zero-order valence-electron chi connectivity index (χ0n) is 10.1. The number of nitrogens with zero attached hydrogens (tertiary/aromatic N) is 2. The highest BCUT2D eigenvalue weighted by Gasteiger charge is 2.19. The molecule has 2 amide bonds. The van der Waals surface area contributed by atoms with Crippen LogP contribution in [0.5, 0.6) is 5.75 Å². The molecule has 0 aliphatic carbocycles. The van der Waals surface area contributed by atoms with Gasteiger partial charge in [0.25, 0.3) is 0 Å². The normalized spacial score (nSPS) is 9.17. The summed E-state index contributed by atoms with van der Waals surface area (Å²) in [4.78, 5) is 24.3. The molecule has 0 atom stereocenters. The number of anilines is 1. The molecule has 0 fully saturated rings. The van der Waals surface area contributed by atoms with Gasteiger partial charge in [0.05, 0.1) is 13.2 Å². The first-order chi connectivity index (χ1) is 8.60. The maximum Gasteiger partial charge on any atom is 0.316 e. The summed E-state index contributed by atoms with van der Waals surface area (Å²) >= 11 is 0. The van der Waals surface area contributed by atoms with Gasteiger partial charge in [0.1, 0.15) is 12.3 Å². The number of benzene rings is 1. The van der Waals surface area contributed by atoms with Crippen molar-refractivity contribution in [3.05, 3.63) is 24.3 Å². The molecule has 0 bridgehead atoms. The summed E-state index contributed by atoms with van der Waals surface area (Å²) in [6.45, 7) is -0.198. The van der Waals surface area contributed by atoms with Gasteiger partial charge in [-0.15, -0.1) is 0 Å². The zero-order chi connectivity index (χ0) is 13.5. The largest absolute Gasteiger partial charge is 0.497 e. The lowest BCUT2D eigenvalue weighted by molar-refractivity contribution is -0.137. The SMILES string of the molecule is COc1cccc(N(C)C(=O)C(=O)NCC#N)c1. The van der Waals surface area contributed by atoms with Gasteiger partial charge in [-0.2, -0.15) is 5.26 Å². The standard InChI is InChI=1S/C12H13N3O3/c1-15(12(17)11(16)14-7-6-13)9-4-3-5-10(8-9)18-2/h3-5,8H,7H2,1-2H3,(H,14,16). The average Bonchev–Trinajstić information content (AvgIpc) is 2.43. The summed E-state index contributed by atoms with van der Waals surface area (Å²) in [5.74, 6) is -0.968. The van der Waals surface area contributed by atoms with Gasteiger partial charge in [-0.1, -0.05) is 6.07 Å². The van der Waals surface area contributed by atoms with Crippen molar-refractivity contribution in [3.63, 3.8) is 0 Å². The number of ether oxygens (including phenoxy) is 1. The summed E-state index contributed by atoms with van der Waals surface area (Å²) in [6.07, 6.45) is 0. The van der Waals surface area contributed by atoms with E-state index in [2.05, 4.69) is 5.32 Å². The molecule has 0 heterocycles. The van der Waals surface area contributed by atoms with E-state index in [1.165, 1.54) is 19.1 Å². The van der Waals surface area contributed by atoms with Crippen LogP contribution in [0.2, 0.25) is 0 Å². The molecule has 1 rings (SSSR count). The number of nitriles is 1. The highest BCUT2D eigenvalue weighted by atomic mass is 16.5. The quantitative estimate of drug-likeness (QED) is 0.615. The first-order valence-corrected chi connectivity index (χ1v) is 5.17. The van der Waals surface area contributed by atoms with E-state index < -0.39 is 11.8 Å². The van der Waals surface area contributed by atoms with Crippen LogP contribution in [0.4, 0.5) is 5.69 Å². The van der Waals surface area contributed by atoms with Gasteiger partial charge in [-0.3, -0.25) is 9.59 Å². The highest BCUT2D eigenvalue weighted by Crippen LogP contribution is 2.19. The number of amides is 2. The minimum Gasteiger partial charge on any atom is -0.497 e. The molecule has 0 aromatic heterocycles. The van der Waals surface area contributed by atoms with Crippen LogP contribution in [-0.2, 0) is 9.59 Å². The molecule has 0 spiro atoms. The second-order valence-electron chi connectivity index (χ2n) is 3.41. The van der Waals surface area contributed by atoms with Crippen LogP contribution in [0.1, 0.15) is 0 Å². The average molecular weight is 247 g/mol. The first-order valence-electron chi connectivity index (χ1n) is 5.17. The van der Waals surface area contributed by atoms with Crippen molar-refractivity contribution < 1.29 is 14.3 Å². The van der Waals surface area contributed by atoms with Crippen LogP contribution >= 0.6 is 0 Å². The molecule has 0 saturated carbocycles. The van der Waals surface area contributed by atoms with E-state index >= 15 is 0 Å². The molecule has 0 aliphatic rings. The van der Waals surface area contributed by atoms with Gasteiger partial charge in [-0.05, 0) is 12.1 Å². The number of carbonyl (C=O) groups is 2. The van der Waals surface area contributed by atoms with E-state index in [1.807, 2.05) is 0 Å². The van der Waals surface area contributed by atoms with Crippen molar-refractivity contribution in [3.8, 4) is 11.8 Å². The van der Waals surface area contributed by atoms with Gasteiger partial charge < -0.3 is 15.0 Å². The molecule has 0 saturated heterocycles. The first kappa shape index (κ1) is 13.5. The molecule has 1 N–H and O–H groups in total. The number of methoxy groups -OCH3 is 1. The minimum absolute atomic E-state index is 0.198. The number of rotatable bonds is 3. The van der Waals surface area contributed by atoms with Crippen LogP contribution < -0.4 is 15.0 Å². The molecule has 0 aliphatic heterocycles. The predicted molar refractivity (Wildman–Crippen MR) is 65.0 cm³/mol. The zero-order valence-corrected chi connectivity index (χ0v) is 10.1. The van der Waals surface area contributed by atoms with Crippen LogP contribution in [0.3, 0.4) is 0 Å². The molecular formula is C12H13N3O3. The molecule has 0 unspecified atom stereocenters. The van der Waals surface area contributed by atoms with Crippen LogP contribution in [-0.4, -0.2) is 32.5 Å². The van der Waals surface area contributed by atoms with Gasteiger partial charge in [0.2, 0.25) is 0 Å². The second-order valence-corrected chi connectivity index (χ2v) is 3.41. The fourth-order valence-corrected chi connectivity index (χ4v) is 1.28. The Morgan fingerprint density at radius 3 is 2.83 bits per heavy atom. The lowest BCUT2D eigenvalue weighted by Gasteiger charge is -2.16. The van der Waals surface area contributed by atoms with Crippen LogP contribution in [0.25, 0.3) is 0 Å². The number of likely N-dealkylation sites (N-methyl/N-ethyl adjacent to an activating group) is 1. The molecule has 6 heteroatoms. The van der Waals surface area contributed by atoms with Crippen molar-refractivity contribution in [1.82, 2.24) is 5.32 Å². The van der Waals surface area contributed by atoms with E-state index in [4.69, 9.17) is 10.00 Å². The number of carbonyl (C=O) groups excluding carboxylic acids is 2. The van der Waals surface area contributed by atoms with Crippen molar-refractivity contribution in [2.45, 2.75) is 0 Å². The Morgan fingerprint density at radius 2 is 2.22 bits per heavy atom. The second kappa shape index (κ2) is 6.25. The lowest BCUT2D eigenvalue weighted by atomic mass is 10.2. The van der Waals surface area contributed by atoms with Gasteiger partial charge in [0, 0.05) is 18.8 Å². The Morgan fingerprint density at radius 1 is 1.50 bits per heavy atom. The Kier molecular flexibility index (Phi) is 4.69. The van der Waals surface area contributed by atoms with Crippen molar-refractivity contribution in [1.29, 1.82) is 5.26 Å². The Bertz CT molecular complexity index is 494. The summed E-state index contributed by atoms with van der Waals surface area (Å²) in [7, 11) is 2.99. The van der Waals surface area contributed by atoms with Crippen LogP contribution in [0.15, 0.2) is 24.3 Å². The number of nitrogens with one attached hydrogen (secondary N) is 1. The van der Waals surface area contributed by atoms with E-state index in [1.54, 1.807) is 30.3 Å². The van der Waals surface area contributed by atoms with Crippen molar-refractivity contribution >= 4 is 17.5 Å². The van der Waals surface area contributed by atoms with E-state index in [0.717, 1.165) is 0 Å². The van der Waals surface area contributed by atoms with E-state index in [-0.39, 0.29) is 6.54 Å². The lowest BCUT2D eigenvalue weighted by Crippen LogP contribution is -2.41. The predicted octanol–water partition coefficient (Wildman–Crippen LogP) is 0.298. The summed E-state index contributed by atoms with van der Waals surface area (Å²) in [5, 5.41) is 10.5. The molecule has 1 aromatic rings. The summed E-state index contributed by atoms with van der Waals surface area (Å²) in [5.41, 5.74) is 0.534. The molecule has 1 aromatic carbocycles. The van der Waals surface area contributed by atoms with E-state index in [0.29, 0.717) is 11.4 Å². The van der Waals surface area contributed by atoms with Crippen molar-refractivity contribution in [2.24, 2.45) is 0 Å². The number of hydrogen-bond donors (Lipinski definition) is 1. The Labute approximate surface area is 105 Å². The monoisotopic (exact) mass is 247 g/mol. The van der Waals surface area contributed by atoms with Crippen LogP contribution in [0, 0.1) is 11.3 Å². The fraction of sp³-hybridized carbons (Fsp3) is 0.250.